The summed E-state index contributed by atoms with van der Waals surface area (Å²) in [5.41, 5.74) is 0.111. The number of nitrogens with zero attached hydrogens (tertiary/aromatic N) is 1. The number of rotatable bonds is 5. The first-order valence-electron chi connectivity index (χ1n) is 6.29. The molecule has 3 N–H and O–H groups in total. The largest absolute Gasteiger partial charge is 0.481 e. The van der Waals surface area contributed by atoms with Gasteiger partial charge in [-0.05, 0) is 12.1 Å². The van der Waals surface area contributed by atoms with Crippen LogP contribution in [-0.2, 0) is 9.59 Å². The SMILES string of the molecule is O=C(O)CC(NC(=O)c1ccc2c(Cl)cnc(Cl)c2c1)C(=O)O. The Morgan fingerprint density at radius 2 is 1.87 bits per heavy atom. The number of amides is 1. The molecule has 1 heterocycles. The molecular formula is C14H10Cl2N2O5. The fourth-order valence-electron chi connectivity index (χ4n) is 1.93. The zero-order chi connectivity index (χ0) is 17.1. The molecule has 0 spiro atoms. The highest BCUT2D eigenvalue weighted by Crippen LogP contribution is 2.28. The van der Waals surface area contributed by atoms with Crippen molar-refractivity contribution in [1.82, 2.24) is 10.3 Å². The van der Waals surface area contributed by atoms with E-state index in [-0.39, 0.29) is 10.7 Å². The van der Waals surface area contributed by atoms with Crippen molar-refractivity contribution in [2.75, 3.05) is 0 Å². The molecule has 0 bridgehead atoms. The third kappa shape index (κ3) is 3.88. The molecular weight excluding hydrogens is 347 g/mol. The lowest BCUT2D eigenvalue weighted by molar-refractivity contribution is -0.145. The summed E-state index contributed by atoms with van der Waals surface area (Å²) in [6.45, 7) is 0. The molecule has 23 heavy (non-hydrogen) atoms. The van der Waals surface area contributed by atoms with Crippen LogP contribution < -0.4 is 5.32 Å². The van der Waals surface area contributed by atoms with Crippen molar-refractivity contribution in [2.24, 2.45) is 0 Å². The Morgan fingerprint density at radius 3 is 2.48 bits per heavy atom. The van der Waals surface area contributed by atoms with Gasteiger partial charge in [0.15, 0.2) is 0 Å². The Labute approximate surface area is 139 Å². The summed E-state index contributed by atoms with van der Waals surface area (Å²) in [4.78, 5) is 37.6. The lowest BCUT2D eigenvalue weighted by atomic mass is 10.1. The average molecular weight is 357 g/mol. The summed E-state index contributed by atoms with van der Waals surface area (Å²) in [7, 11) is 0. The van der Waals surface area contributed by atoms with Crippen molar-refractivity contribution in [3.8, 4) is 0 Å². The van der Waals surface area contributed by atoms with Gasteiger partial charge in [0.1, 0.15) is 11.2 Å². The molecule has 7 nitrogen and oxygen atoms in total. The number of aromatic nitrogens is 1. The van der Waals surface area contributed by atoms with Crippen molar-refractivity contribution in [3.05, 3.63) is 40.1 Å². The number of fused-ring (bicyclic) bond motifs is 1. The summed E-state index contributed by atoms with van der Waals surface area (Å²) in [6.07, 6.45) is 0.641. The Kier molecular flexibility index (Phi) is 5.02. The van der Waals surface area contributed by atoms with Crippen LogP contribution in [-0.4, -0.2) is 39.1 Å². The maximum absolute atomic E-state index is 12.1. The van der Waals surface area contributed by atoms with E-state index in [1.165, 1.54) is 18.3 Å². The normalized spacial score (nSPS) is 11.9. The zero-order valence-corrected chi connectivity index (χ0v) is 12.9. The van der Waals surface area contributed by atoms with Gasteiger partial charge < -0.3 is 15.5 Å². The van der Waals surface area contributed by atoms with Gasteiger partial charge in [0.2, 0.25) is 0 Å². The molecule has 0 fully saturated rings. The van der Waals surface area contributed by atoms with Crippen LogP contribution in [0.3, 0.4) is 0 Å². The van der Waals surface area contributed by atoms with Gasteiger partial charge >= 0.3 is 11.9 Å². The summed E-state index contributed by atoms with van der Waals surface area (Å²) in [5.74, 6) is -3.52. The fourth-order valence-corrected chi connectivity index (χ4v) is 2.35. The number of carbonyl (C=O) groups excluding carboxylic acids is 1. The number of nitrogens with one attached hydrogen (secondary N) is 1. The Hall–Kier alpha value is -2.38. The van der Waals surface area contributed by atoms with E-state index >= 15 is 0 Å². The second kappa shape index (κ2) is 6.80. The third-order valence-corrected chi connectivity index (χ3v) is 3.64. The maximum Gasteiger partial charge on any atom is 0.326 e. The second-order valence-electron chi connectivity index (χ2n) is 4.62. The van der Waals surface area contributed by atoms with Gasteiger partial charge in [0.25, 0.3) is 5.91 Å². The molecule has 0 aliphatic rings. The predicted molar refractivity (Wildman–Crippen MR) is 82.9 cm³/mol. The molecule has 9 heteroatoms. The first kappa shape index (κ1) is 17.0. The molecule has 2 aromatic rings. The minimum atomic E-state index is -1.54. The van der Waals surface area contributed by atoms with E-state index < -0.39 is 30.3 Å². The van der Waals surface area contributed by atoms with Crippen LogP contribution in [0.5, 0.6) is 0 Å². The van der Waals surface area contributed by atoms with E-state index in [0.29, 0.717) is 15.8 Å². The number of carboxylic acids is 2. The molecule has 1 unspecified atom stereocenters. The molecule has 1 atom stereocenters. The molecule has 0 saturated heterocycles. The van der Waals surface area contributed by atoms with Gasteiger partial charge in [-0.3, -0.25) is 9.59 Å². The monoisotopic (exact) mass is 356 g/mol. The molecule has 120 valence electrons. The van der Waals surface area contributed by atoms with Crippen molar-refractivity contribution < 1.29 is 24.6 Å². The highest BCUT2D eigenvalue weighted by atomic mass is 35.5. The van der Waals surface area contributed by atoms with Crippen LogP contribution in [0.2, 0.25) is 10.2 Å². The minimum absolute atomic E-state index is 0.111. The van der Waals surface area contributed by atoms with Crippen LogP contribution in [0.1, 0.15) is 16.8 Å². The Bertz CT molecular complexity index is 809. The van der Waals surface area contributed by atoms with Gasteiger partial charge in [-0.15, -0.1) is 0 Å². The van der Waals surface area contributed by atoms with Crippen LogP contribution in [0.25, 0.3) is 10.8 Å². The maximum atomic E-state index is 12.1. The van der Waals surface area contributed by atoms with Gasteiger partial charge in [-0.25, -0.2) is 9.78 Å². The van der Waals surface area contributed by atoms with E-state index in [4.69, 9.17) is 33.4 Å². The van der Waals surface area contributed by atoms with E-state index in [0.717, 1.165) is 0 Å². The van der Waals surface area contributed by atoms with Crippen LogP contribution in [0, 0.1) is 0 Å². The molecule has 0 aliphatic carbocycles. The van der Waals surface area contributed by atoms with E-state index in [1.54, 1.807) is 6.07 Å². The van der Waals surface area contributed by atoms with Crippen molar-refractivity contribution in [2.45, 2.75) is 12.5 Å². The van der Waals surface area contributed by atoms with Crippen molar-refractivity contribution in [3.63, 3.8) is 0 Å². The average Bonchev–Trinajstić information content (AvgIpc) is 2.49. The smallest absolute Gasteiger partial charge is 0.326 e. The van der Waals surface area contributed by atoms with Crippen molar-refractivity contribution >= 4 is 51.8 Å². The standard InChI is InChI=1S/C14H10Cl2N2O5/c15-9-5-17-12(16)8-3-6(1-2-7(8)9)13(21)18-10(14(22)23)4-11(19)20/h1-3,5,10H,4H2,(H,18,21)(H,19,20)(H,22,23). The molecule has 1 aromatic heterocycles. The summed E-state index contributed by atoms with van der Waals surface area (Å²) in [6, 6.07) is 2.85. The Morgan fingerprint density at radius 1 is 1.17 bits per heavy atom. The van der Waals surface area contributed by atoms with Gasteiger partial charge in [-0.1, -0.05) is 29.3 Å². The second-order valence-corrected chi connectivity index (χ2v) is 5.38. The number of pyridine rings is 1. The number of hydrogen-bond donors (Lipinski definition) is 3. The topological polar surface area (TPSA) is 117 Å². The van der Waals surface area contributed by atoms with Gasteiger partial charge in [-0.2, -0.15) is 0 Å². The third-order valence-electron chi connectivity index (χ3n) is 3.03. The highest BCUT2D eigenvalue weighted by molar-refractivity contribution is 6.39. The number of carbonyl (C=O) groups is 3. The molecule has 0 aliphatic heterocycles. The number of halogens is 2. The highest BCUT2D eigenvalue weighted by Gasteiger charge is 2.23. The van der Waals surface area contributed by atoms with Gasteiger partial charge in [0.05, 0.1) is 11.4 Å². The lowest BCUT2D eigenvalue weighted by Gasteiger charge is -2.13. The minimum Gasteiger partial charge on any atom is -0.481 e. The molecule has 0 radical (unpaired) electrons. The molecule has 1 amide bonds. The van der Waals surface area contributed by atoms with Crippen LogP contribution >= 0.6 is 23.2 Å². The molecule has 0 saturated carbocycles. The summed E-state index contributed by atoms with van der Waals surface area (Å²) < 4.78 is 0. The molecule has 2 rings (SSSR count). The first-order chi connectivity index (χ1) is 10.8. The quantitative estimate of drug-likeness (QED) is 0.707. The van der Waals surface area contributed by atoms with E-state index in [2.05, 4.69) is 10.3 Å². The number of aliphatic carboxylic acids is 2. The number of carboxylic acid groups (broad SMARTS) is 2. The van der Waals surface area contributed by atoms with E-state index in [1.807, 2.05) is 0 Å². The number of benzene rings is 1. The fraction of sp³-hybridized carbons (Fsp3) is 0.143. The summed E-state index contributed by atoms with van der Waals surface area (Å²) in [5, 5.41) is 21.3. The van der Waals surface area contributed by atoms with Crippen molar-refractivity contribution in [1.29, 1.82) is 0 Å². The number of hydrogen-bond acceptors (Lipinski definition) is 4. The predicted octanol–water partition coefficient (Wildman–Crippen LogP) is 2.20. The molecule has 1 aromatic carbocycles. The van der Waals surface area contributed by atoms with Crippen LogP contribution in [0.15, 0.2) is 24.4 Å². The van der Waals surface area contributed by atoms with Gasteiger partial charge in [0, 0.05) is 22.5 Å². The zero-order valence-electron chi connectivity index (χ0n) is 11.4. The summed E-state index contributed by atoms with van der Waals surface area (Å²) >= 11 is 11.9. The van der Waals surface area contributed by atoms with Crippen LogP contribution in [0.4, 0.5) is 0 Å². The first-order valence-corrected chi connectivity index (χ1v) is 7.04. The van der Waals surface area contributed by atoms with E-state index in [9.17, 15) is 14.4 Å². The Balaban J connectivity index is 2.32. The lowest BCUT2D eigenvalue weighted by Crippen LogP contribution is -2.42.